The molecule has 1 N–H and O–H groups in total. The van der Waals surface area contributed by atoms with Gasteiger partial charge in [0.1, 0.15) is 18.5 Å². The minimum atomic E-state index is 0.135. The summed E-state index contributed by atoms with van der Waals surface area (Å²) in [7, 11) is 1.83. The SMILES string of the molecule is C#CCOc1ccc(CCNC(=NC)N2CCOC(C3CCCO3)C2)cc1. The number of morpholine rings is 1. The van der Waals surface area contributed by atoms with Gasteiger partial charge in [0.25, 0.3) is 0 Å². The number of terminal acetylenes is 1. The highest BCUT2D eigenvalue weighted by Gasteiger charge is 2.32. The molecule has 2 aliphatic heterocycles. The fourth-order valence-corrected chi connectivity index (χ4v) is 3.52. The van der Waals surface area contributed by atoms with Gasteiger partial charge in [-0.05, 0) is 37.0 Å². The van der Waals surface area contributed by atoms with Gasteiger partial charge in [-0.25, -0.2) is 0 Å². The average Bonchev–Trinajstić information content (AvgIpc) is 3.26. The molecule has 2 unspecified atom stereocenters. The number of rotatable bonds is 6. The van der Waals surface area contributed by atoms with Crippen LogP contribution in [0.4, 0.5) is 0 Å². The zero-order valence-corrected chi connectivity index (χ0v) is 16.0. The first-order valence-electron chi connectivity index (χ1n) is 9.64. The lowest BCUT2D eigenvalue weighted by Gasteiger charge is -2.37. The van der Waals surface area contributed by atoms with E-state index in [9.17, 15) is 0 Å². The van der Waals surface area contributed by atoms with Crippen molar-refractivity contribution in [1.29, 1.82) is 0 Å². The van der Waals surface area contributed by atoms with E-state index in [2.05, 4.69) is 33.3 Å². The molecule has 6 heteroatoms. The molecule has 0 aliphatic carbocycles. The van der Waals surface area contributed by atoms with Crippen molar-refractivity contribution >= 4 is 5.96 Å². The molecule has 2 aliphatic rings. The summed E-state index contributed by atoms with van der Waals surface area (Å²) >= 11 is 0. The first kappa shape index (κ1) is 19.5. The van der Waals surface area contributed by atoms with Crippen molar-refractivity contribution in [2.24, 2.45) is 4.99 Å². The molecule has 0 radical (unpaired) electrons. The van der Waals surface area contributed by atoms with Crippen LogP contribution in [0.1, 0.15) is 18.4 Å². The summed E-state index contributed by atoms with van der Waals surface area (Å²) < 4.78 is 17.1. The monoisotopic (exact) mass is 371 g/mol. The Kier molecular flexibility index (Phi) is 7.37. The number of guanidine groups is 1. The van der Waals surface area contributed by atoms with Gasteiger partial charge in [0.2, 0.25) is 0 Å². The zero-order chi connectivity index (χ0) is 18.9. The number of benzene rings is 1. The fourth-order valence-electron chi connectivity index (χ4n) is 3.52. The van der Waals surface area contributed by atoms with E-state index in [0.717, 1.165) is 57.2 Å². The first-order valence-corrected chi connectivity index (χ1v) is 9.64. The Hall–Kier alpha value is -2.23. The molecule has 0 amide bonds. The van der Waals surface area contributed by atoms with Crippen molar-refractivity contribution < 1.29 is 14.2 Å². The summed E-state index contributed by atoms with van der Waals surface area (Å²) in [6.07, 6.45) is 8.69. The van der Waals surface area contributed by atoms with Gasteiger partial charge in [-0.15, -0.1) is 6.42 Å². The molecule has 2 atom stereocenters. The quantitative estimate of drug-likeness (QED) is 0.469. The molecule has 1 aromatic rings. The lowest BCUT2D eigenvalue weighted by Crippen LogP contribution is -2.53. The lowest BCUT2D eigenvalue weighted by atomic mass is 10.1. The van der Waals surface area contributed by atoms with E-state index >= 15 is 0 Å². The molecule has 27 heavy (non-hydrogen) atoms. The summed E-state index contributed by atoms with van der Waals surface area (Å²) in [5.41, 5.74) is 1.24. The van der Waals surface area contributed by atoms with Crippen molar-refractivity contribution in [3.63, 3.8) is 0 Å². The van der Waals surface area contributed by atoms with Gasteiger partial charge in [0, 0.05) is 33.3 Å². The van der Waals surface area contributed by atoms with Crippen LogP contribution in [0.2, 0.25) is 0 Å². The minimum Gasteiger partial charge on any atom is -0.481 e. The average molecular weight is 371 g/mol. The molecule has 2 saturated heterocycles. The van der Waals surface area contributed by atoms with Gasteiger partial charge in [0.05, 0.1) is 12.7 Å². The predicted octanol–water partition coefficient (Wildman–Crippen LogP) is 1.70. The molecule has 0 bridgehead atoms. The van der Waals surface area contributed by atoms with Crippen LogP contribution in [0.25, 0.3) is 0 Å². The van der Waals surface area contributed by atoms with Crippen LogP contribution in [0.3, 0.4) is 0 Å². The zero-order valence-electron chi connectivity index (χ0n) is 16.0. The Morgan fingerprint density at radius 2 is 2.11 bits per heavy atom. The second-order valence-electron chi connectivity index (χ2n) is 6.77. The van der Waals surface area contributed by atoms with Gasteiger partial charge in [-0.2, -0.15) is 0 Å². The van der Waals surface area contributed by atoms with E-state index in [-0.39, 0.29) is 12.2 Å². The second-order valence-corrected chi connectivity index (χ2v) is 6.77. The maximum atomic E-state index is 5.93. The number of hydrogen-bond donors (Lipinski definition) is 1. The van der Waals surface area contributed by atoms with Crippen LogP contribution in [-0.2, 0) is 15.9 Å². The molecule has 146 valence electrons. The van der Waals surface area contributed by atoms with Crippen LogP contribution < -0.4 is 10.1 Å². The molecule has 1 aromatic carbocycles. The summed E-state index contributed by atoms with van der Waals surface area (Å²) in [6.45, 7) is 4.35. The third kappa shape index (κ3) is 5.62. The summed E-state index contributed by atoms with van der Waals surface area (Å²) in [5, 5.41) is 3.47. The highest BCUT2D eigenvalue weighted by Crippen LogP contribution is 2.21. The van der Waals surface area contributed by atoms with Gasteiger partial charge < -0.3 is 24.4 Å². The van der Waals surface area contributed by atoms with Gasteiger partial charge in [-0.1, -0.05) is 18.1 Å². The van der Waals surface area contributed by atoms with Crippen LogP contribution in [0.5, 0.6) is 5.75 Å². The standard InChI is InChI=1S/C21H29N3O3/c1-3-13-25-18-8-6-17(7-9-18)10-11-23-21(22-2)24-12-15-27-20(16-24)19-5-4-14-26-19/h1,6-9,19-20H,4-5,10-16H2,2H3,(H,22,23). The van der Waals surface area contributed by atoms with E-state index in [0.29, 0.717) is 13.2 Å². The third-order valence-corrected chi connectivity index (χ3v) is 4.93. The Balaban J connectivity index is 1.45. The molecule has 2 heterocycles. The smallest absolute Gasteiger partial charge is 0.193 e. The Morgan fingerprint density at radius 3 is 2.81 bits per heavy atom. The van der Waals surface area contributed by atoms with Crippen LogP contribution in [0, 0.1) is 12.3 Å². The summed E-state index contributed by atoms with van der Waals surface area (Å²) in [5.74, 6) is 4.20. The molecule has 0 spiro atoms. The lowest BCUT2D eigenvalue weighted by molar-refractivity contribution is -0.0816. The largest absolute Gasteiger partial charge is 0.481 e. The number of ether oxygens (including phenoxy) is 3. The normalized spacial score (nSPS) is 23.1. The molecular weight excluding hydrogens is 342 g/mol. The maximum absolute atomic E-state index is 5.93. The molecule has 0 aromatic heterocycles. The van der Waals surface area contributed by atoms with Gasteiger partial charge in [-0.3, -0.25) is 4.99 Å². The maximum Gasteiger partial charge on any atom is 0.193 e. The van der Waals surface area contributed by atoms with Crippen LogP contribution in [0.15, 0.2) is 29.3 Å². The predicted molar refractivity (Wildman–Crippen MR) is 106 cm³/mol. The summed E-state index contributed by atoms with van der Waals surface area (Å²) in [6, 6.07) is 8.04. The van der Waals surface area contributed by atoms with Crippen LogP contribution in [-0.4, -0.2) is 69.6 Å². The van der Waals surface area contributed by atoms with Gasteiger partial charge in [0.15, 0.2) is 5.96 Å². The number of nitrogens with zero attached hydrogens (tertiary/aromatic N) is 2. The van der Waals surface area contributed by atoms with E-state index in [4.69, 9.17) is 20.6 Å². The van der Waals surface area contributed by atoms with E-state index in [1.807, 2.05) is 19.2 Å². The third-order valence-electron chi connectivity index (χ3n) is 4.93. The van der Waals surface area contributed by atoms with Gasteiger partial charge >= 0.3 is 0 Å². The van der Waals surface area contributed by atoms with Crippen molar-refractivity contribution in [1.82, 2.24) is 10.2 Å². The van der Waals surface area contributed by atoms with Crippen molar-refractivity contribution in [2.45, 2.75) is 31.5 Å². The summed E-state index contributed by atoms with van der Waals surface area (Å²) in [4.78, 5) is 6.72. The Labute approximate surface area is 161 Å². The Morgan fingerprint density at radius 1 is 1.30 bits per heavy atom. The van der Waals surface area contributed by atoms with Crippen molar-refractivity contribution in [3.05, 3.63) is 29.8 Å². The Bertz CT molecular complexity index is 648. The molecular formula is C21H29N3O3. The van der Waals surface area contributed by atoms with Crippen molar-refractivity contribution in [3.8, 4) is 18.1 Å². The number of hydrogen-bond acceptors (Lipinski definition) is 4. The topological polar surface area (TPSA) is 55.3 Å². The molecule has 0 saturated carbocycles. The minimum absolute atomic E-state index is 0.135. The van der Waals surface area contributed by atoms with E-state index < -0.39 is 0 Å². The van der Waals surface area contributed by atoms with Crippen LogP contribution >= 0.6 is 0 Å². The fraction of sp³-hybridized carbons (Fsp3) is 0.571. The van der Waals surface area contributed by atoms with E-state index in [1.165, 1.54) is 5.56 Å². The van der Waals surface area contributed by atoms with Crippen molar-refractivity contribution in [2.75, 3.05) is 46.5 Å². The molecule has 6 nitrogen and oxygen atoms in total. The highest BCUT2D eigenvalue weighted by atomic mass is 16.5. The highest BCUT2D eigenvalue weighted by molar-refractivity contribution is 5.80. The first-order chi connectivity index (χ1) is 13.3. The van der Waals surface area contributed by atoms with E-state index in [1.54, 1.807) is 0 Å². The molecule has 2 fully saturated rings. The molecule has 3 rings (SSSR count). The number of nitrogens with one attached hydrogen (secondary N) is 1. The number of aliphatic imine (C=N–C) groups is 1. The second kappa shape index (κ2) is 10.2.